The van der Waals surface area contributed by atoms with Gasteiger partial charge in [0.1, 0.15) is 0 Å². The van der Waals surface area contributed by atoms with Gasteiger partial charge in [0.05, 0.1) is 0 Å². The van der Waals surface area contributed by atoms with Crippen molar-refractivity contribution in [3.05, 3.63) is 29.8 Å². The molecule has 0 aromatic heterocycles. The van der Waals surface area contributed by atoms with Gasteiger partial charge in [-0.1, -0.05) is 26.0 Å². The van der Waals surface area contributed by atoms with E-state index in [2.05, 4.69) is 69.1 Å². The van der Waals surface area contributed by atoms with Gasteiger partial charge in [-0.25, -0.2) is 0 Å². The summed E-state index contributed by atoms with van der Waals surface area (Å²) in [6.07, 6.45) is 0. The number of nitrogens with one attached hydrogen (secondary N) is 1. The molecular formula is C16H28N2. The van der Waals surface area contributed by atoms with Gasteiger partial charge in [0, 0.05) is 24.8 Å². The average molecular weight is 248 g/mol. The molecule has 0 fully saturated rings. The summed E-state index contributed by atoms with van der Waals surface area (Å²) in [4.78, 5) is 2.41. The smallest absolute Gasteiger partial charge is 0.0368 e. The molecule has 1 N–H and O–H groups in total. The van der Waals surface area contributed by atoms with E-state index in [9.17, 15) is 0 Å². The molecule has 0 aliphatic rings. The molecule has 1 aromatic rings. The fourth-order valence-electron chi connectivity index (χ4n) is 2.16. The lowest BCUT2D eigenvalue weighted by Gasteiger charge is -2.27. The summed E-state index contributed by atoms with van der Waals surface area (Å²) in [5.74, 6) is 0.709. The van der Waals surface area contributed by atoms with Crippen molar-refractivity contribution >= 4 is 5.69 Å². The van der Waals surface area contributed by atoms with Crippen LogP contribution in [0.2, 0.25) is 0 Å². The van der Waals surface area contributed by atoms with Gasteiger partial charge in [0.15, 0.2) is 0 Å². The van der Waals surface area contributed by atoms with E-state index in [1.807, 2.05) is 0 Å². The van der Waals surface area contributed by atoms with E-state index in [-0.39, 0.29) is 0 Å². The minimum absolute atomic E-state index is 0.555. The summed E-state index contributed by atoms with van der Waals surface area (Å²) in [6, 6.07) is 9.48. The molecule has 0 spiro atoms. The monoisotopic (exact) mass is 248 g/mol. The number of nitrogens with zero attached hydrogens (tertiary/aromatic N) is 1. The Balaban J connectivity index is 2.56. The maximum atomic E-state index is 3.47. The third-order valence-corrected chi connectivity index (χ3v) is 3.11. The second-order valence-electron chi connectivity index (χ2n) is 5.57. The fraction of sp³-hybridized carbons (Fsp3) is 0.625. The van der Waals surface area contributed by atoms with E-state index in [0.29, 0.717) is 12.0 Å². The second kappa shape index (κ2) is 7.42. The van der Waals surface area contributed by atoms with Crippen LogP contribution in [0.4, 0.5) is 5.69 Å². The molecule has 0 aliphatic heterocycles. The van der Waals surface area contributed by atoms with Gasteiger partial charge in [0.25, 0.3) is 0 Å². The maximum absolute atomic E-state index is 3.47. The van der Waals surface area contributed by atoms with Gasteiger partial charge in [-0.2, -0.15) is 0 Å². The van der Waals surface area contributed by atoms with E-state index >= 15 is 0 Å². The molecular weight excluding hydrogens is 220 g/mol. The zero-order valence-electron chi connectivity index (χ0n) is 12.5. The van der Waals surface area contributed by atoms with Crippen molar-refractivity contribution in [1.29, 1.82) is 0 Å². The van der Waals surface area contributed by atoms with E-state index < -0.39 is 0 Å². The number of hydrogen-bond acceptors (Lipinski definition) is 2. The van der Waals surface area contributed by atoms with Gasteiger partial charge in [-0.15, -0.1) is 0 Å². The first-order valence-corrected chi connectivity index (χ1v) is 7.10. The highest BCUT2D eigenvalue weighted by molar-refractivity contribution is 5.48. The highest BCUT2D eigenvalue weighted by Crippen LogP contribution is 2.17. The molecule has 0 atom stereocenters. The molecule has 2 heteroatoms. The van der Waals surface area contributed by atoms with Crippen LogP contribution < -0.4 is 10.2 Å². The summed E-state index contributed by atoms with van der Waals surface area (Å²) >= 11 is 0. The Hall–Kier alpha value is -1.02. The standard InChI is InChI=1S/C16H28N2/c1-6-18(14(4)5)16-9-7-15(8-10-16)12-17-11-13(2)3/h7-10,13-14,17H,6,11-12H2,1-5H3. The predicted molar refractivity (Wildman–Crippen MR) is 81.1 cm³/mol. The molecule has 0 radical (unpaired) electrons. The Morgan fingerprint density at radius 2 is 1.67 bits per heavy atom. The lowest BCUT2D eigenvalue weighted by atomic mass is 10.1. The van der Waals surface area contributed by atoms with E-state index in [1.54, 1.807) is 0 Å². The van der Waals surface area contributed by atoms with E-state index in [0.717, 1.165) is 19.6 Å². The van der Waals surface area contributed by atoms with Crippen molar-refractivity contribution in [2.45, 2.75) is 47.2 Å². The highest BCUT2D eigenvalue weighted by Gasteiger charge is 2.07. The Kier molecular flexibility index (Phi) is 6.20. The van der Waals surface area contributed by atoms with Crippen LogP contribution in [-0.4, -0.2) is 19.1 Å². The topological polar surface area (TPSA) is 15.3 Å². The summed E-state index contributed by atoms with van der Waals surface area (Å²) in [7, 11) is 0. The normalized spacial score (nSPS) is 11.3. The number of anilines is 1. The number of rotatable bonds is 7. The van der Waals surface area contributed by atoms with E-state index in [4.69, 9.17) is 0 Å². The van der Waals surface area contributed by atoms with Crippen LogP contribution in [-0.2, 0) is 6.54 Å². The van der Waals surface area contributed by atoms with Gasteiger partial charge >= 0.3 is 0 Å². The first-order valence-electron chi connectivity index (χ1n) is 7.10. The SMILES string of the molecule is CCN(c1ccc(CNCC(C)C)cc1)C(C)C. The molecule has 1 rings (SSSR count). The first kappa shape index (κ1) is 15.0. The molecule has 0 amide bonds. The van der Waals surface area contributed by atoms with Crippen LogP contribution in [0.5, 0.6) is 0 Å². The molecule has 0 unspecified atom stereocenters. The minimum Gasteiger partial charge on any atom is -0.369 e. The van der Waals surface area contributed by atoms with Gasteiger partial charge in [-0.05, 0) is 50.9 Å². The Morgan fingerprint density at radius 1 is 1.06 bits per heavy atom. The maximum Gasteiger partial charge on any atom is 0.0368 e. The van der Waals surface area contributed by atoms with Crippen molar-refractivity contribution < 1.29 is 0 Å². The minimum atomic E-state index is 0.555. The molecule has 0 saturated heterocycles. The summed E-state index contributed by atoms with van der Waals surface area (Å²) in [5.41, 5.74) is 2.68. The van der Waals surface area contributed by atoms with Crippen molar-refractivity contribution in [2.24, 2.45) is 5.92 Å². The molecule has 0 saturated carbocycles. The lowest BCUT2D eigenvalue weighted by molar-refractivity contribution is 0.552. The summed E-state index contributed by atoms with van der Waals surface area (Å²) in [5, 5.41) is 3.47. The van der Waals surface area contributed by atoms with Crippen molar-refractivity contribution in [3.63, 3.8) is 0 Å². The van der Waals surface area contributed by atoms with Gasteiger partial charge in [-0.3, -0.25) is 0 Å². The zero-order chi connectivity index (χ0) is 13.5. The average Bonchev–Trinajstić information content (AvgIpc) is 2.31. The van der Waals surface area contributed by atoms with Crippen molar-refractivity contribution in [2.75, 3.05) is 18.0 Å². The quantitative estimate of drug-likeness (QED) is 0.792. The van der Waals surface area contributed by atoms with Crippen LogP contribution in [0.1, 0.15) is 40.2 Å². The number of benzene rings is 1. The molecule has 0 bridgehead atoms. The summed E-state index contributed by atoms with van der Waals surface area (Å²) in [6.45, 7) is 14.3. The first-order chi connectivity index (χ1) is 8.54. The third kappa shape index (κ3) is 4.69. The lowest BCUT2D eigenvalue weighted by Crippen LogP contribution is -2.30. The molecule has 0 aliphatic carbocycles. The Morgan fingerprint density at radius 3 is 2.11 bits per heavy atom. The molecule has 1 aromatic carbocycles. The highest BCUT2D eigenvalue weighted by atomic mass is 15.1. The third-order valence-electron chi connectivity index (χ3n) is 3.11. The van der Waals surface area contributed by atoms with Gasteiger partial charge < -0.3 is 10.2 Å². The van der Waals surface area contributed by atoms with E-state index in [1.165, 1.54) is 11.3 Å². The largest absolute Gasteiger partial charge is 0.369 e. The predicted octanol–water partition coefficient (Wildman–Crippen LogP) is 3.67. The second-order valence-corrected chi connectivity index (χ2v) is 5.57. The number of hydrogen-bond donors (Lipinski definition) is 1. The molecule has 0 heterocycles. The van der Waals surface area contributed by atoms with Crippen LogP contribution in [0.25, 0.3) is 0 Å². The van der Waals surface area contributed by atoms with Crippen LogP contribution in [0.15, 0.2) is 24.3 Å². The summed E-state index contributed by atoms with van der Waals surface area (Å²) < 4.78 is 0. The fourth-order valence-corrected chi connectivity index (χ4v) is 2.16. The van der Waals surface area contributed by atoms with Crippen LogP contribution >= 0.6 is 0 Å². The molecule has 2 nitrogen and oxygen atoms in total. The van der Waals surface area contributed by atoms with Crippen molar-refractivity contribution in [1.82, 2.24) is 5.32 Å². The van der Waals surface area contributed by atoms with Crippen LogP contribution in [0.3, 0.4) is 0 Å². The molecule has 18 heavy (non-hydrogen) atoms. The molecule has 102 valence electrons. The Bertz CT molecular complexity index is 327. The zero-order valence-corrected chi connectivity index (χ0v) is 12.5. The van der Waals surface area contributed by atoms with Crippen LogP contribution in [0, 0.1) is 5.92 Å². The Labute approximate surface area is 112 Å². The van der Waals surface area contributed by atoms with Gasteiger partial charge in [0.2, 0.25) is 0 Å². The van der Waals surface area contributed by atoms with Crippen molar-refractivity contribution in [3.8, 4) is 0 Å².